The van der Waals surface area contributed by atoms with Crippen molar-refractivity contribution in [3.63, 3.8) is 0 Å². The Balaban J connectivity index is 1.49. The first-order valence-corrected chi connectivity index (χ1v) is 7.91. The molecule has 4 aromatic rings. The first-order valence-electron chi connectivity index (χ1n) is 7.91. The van der Waals surface area contributed by atoms with Crippen LogP contribution < -0.4 is 5.32 Å². The van der Waals surface area contributed by atoms with Crippen molar-refractivity contribution in [3.05, 3.63) is 77.9 Å². The van der Waals surface area contributed by atoms with Crippen molar-refractivity contribution in [2.75, 3.05) is 5.32 Å². The summed E-state index contributed by atoms with van der Waals surface area (Å²) in [6.07, 6.45) is 2.34. The van der Waals surface area contributed by atoms with Gasteiger partial charge in [-0.3, -0.25) is 4.79 Å². The lowest BCUT2D eigenvalue weighted by atomic mass is 10.1. The molecule has 2 heterocycles. The summed E-state index contributed by atoms with van der Waals surface area (Å²) in [7, 11) is 1.91. The second-order valence-electron chi connectivity index (χ2n) is 5.85. The van der Waals surface area contributed by atoms with Crippen LogP contribution in [0.3, 0.4) is 0 Å². The number of anilines is 1. The molecule has 25 heavy (non-hydrogen) atoms. The number of carbonyl (C=O) groups is 1. The lowest BCUT2D eigenvalue weighted by Crippen LogP contribution is -2.12. The van der Waals surface area contributed by atoms with Crippen molar-refractivity contribution >= 4 is 22.6 Å². The van der Waals surface area contributed by atoms with E-state index in [1.54, 1.807) is 12.4 Å². The Morgan fingerprint density at radius 3 is 2.84 bits per heavy atom. The molecule has 0 spiro atoms. The van der Waals surface area contributed by atoms with E-state index in [2.05, 4.69) is 15.5 Å². The number of amides is 1. The average Bonchev–Trinajstić information content (AvgIpc) is 3.23. The van der Waals surface area contributed by atoms with E-state index in [9.17, 15) is 4.79 Å². The minimum absolute atomic E-state index is 0.260. The minimum atomic E-state index is -0.301. The average molecular weight is 332 g/mol. The van der Waals surface area contributed by atoms with Crippen LogP contribution in [0.15, 0.2) is 65.4 Å². The van der Waals surface area contributed by atoms with Gasteiger partial charge in [-0.25, -0.2) is 4.98 Å². The Bertz CT molecular complexity index is 1030. The molecule has 124 valence electrons. The lowest BCUT2D eigenvalue weighted by molar-refractivity contribution is 0.101. The zero-order chi connectivity index (χ0) is 17.2. The highest BCUT2D eigenvalue weighted by Crippen LogP contribution is 2.18. The molecule has 0 fully saturated rings. The van der Waals surface area contributed by atoms with Gasteiger partial charge in [0.15, 0.2) is 5.69 Å². The van der Waals surface area contributed by atoms with Crippen LogP contribution in [-0.2, 0) is 13.5 Å². The summed E-state index contributed by atoms with van der Waals surface area (Å²) in [5, 5.41) is 6.72. The first kappa shape index (κ1) is 15.1. The van der Waals surface area contributed by atoms with Crippen LogP contribution >= 0.6 is 0 Å². The fraction of sp³-hybridized carbons (Fsp3) is 0.105. The van der Waals surface area contributed by atoms with E-state index in [4.69, 9.17) is 4.52 Å². The highest BCUT2D eigenvalue weighted by molar-refractivity contribution is 6.03. The molecule has 0 unspecified atom stereocenters. The standard InChI is InChI=1S/C19H16N4O2/c1-23-12-20-16-8-7-14(10-18(16)23)21-19(24)17-11-15(25-22-17)9-13-5-3-2-4-6-13/h2-8,10-12H,9H2,1H3,(H,21,24). The van der Waals surface area contributed by atoms with Gasteiger partial charge < -0.3 is 14.4 Å². The molecular formula is C19H16N4O2. The number of carbonyl (C=O) groups excluding carboxylic acids is 1. The van der Waals surface area contributed by atoms with Crippen LogP contribution in [0, 0.1) is 0 Å². The van der Waals surface area contributed by atoms with Gasteiger partial charge in [0.1, 0.15) is 5.76 Å². The molecule has 0 saturated carbocycles. The zero-order valence-corrected chi connectivity index (χ0v) is 13.6. The molecule has 0 saturated heterocycles. The molecule has 0 atom stereocenters. The van der Waals surface area contributed by atoms with Crippen molar-refractivity contribution in [3.8, 4) is 0 Å². The van der Waals surface area contributed by atoms with Crippen LogP contribution in [0.2, 0.25) is 0 Å². The predicted molar refractivity (Wildman–Crippen MR) is 94.4 cm³/mol. The third kappa shape index (κ3) is 3.14. The second-order valence-corrected chi connectivity index (χ2v) is 5.85. The lowest BCUT2D eigenvalue weighted by Gasteiger charge is -2.03. The molecule has 0 radical (unpaired) electrons. The number of rotatable bonds is 4. The highest BCUT2D eigenvalue weighted by Gasteiger charge is 2.13. The quantitative estimate of drug-likeness (QED) is 0.621. The van der Waals surface area contributed by atoms with Crippen molar-refractivity contribution in [2.45, 2.75) is 6.42 Å². The Labute approximate surface area is 144 Å². The third-order valence-corrected chi connectivity index (χ3v) is 4.00. The van der Waals surface area contributed by atoms with Crippen molar-refractivity contribution in [1.29, 1.82) is 0 Å². The summed E-state index contributed by atoms with van der Waals surface area (Å²) in [5.41, 5.74) is 3.88. The van der Waals surface area contributed by atoms with E-state index in [0.717, 1.165) is 16.6 Å². The van der Waals surface area contributed by atoms with E-state index in [1.165, 1.54) is 0 Å². The molecule has 2 aromatic carbocycles. The van der Waals surface area contributed by atoms with E-state index < -0.39 is 0 Å². The van der Waals surface area contributed by atoms with Crippen molar-refractivity contribution in [2.24, 2.45) is 7.05 Å². The third-order valence-electron chi connectivity index (χ3n) is 4.00. The molecule has 1 N–H and O–H groups in total. The van der Waals surface area contributed by atoms with E-state index >= 15 is 0 Å². The van der Waals surface area contributed by atoms with Crippen LogP contribution in [-0.4, -0.2) is 20.6 Å². The van der Waals surface area contributed by atoms with Crippen LogP contribution in [0.25, 0.3) is 11.0 Å². The van der Waals surface area contributed by atoms with Gasteiger partial charge in [0.25, 0.3) is 5.91 Å². The number of benzene rings is 2. The molecule has 0 aliphatic rings. The largest absolute Gasteiger partial charge is 0.360 e. The summed E-state index contributed by atoms with van der Waals surface area (Å²) in [6, 6.07) is 17.1. The monoisotopic (exact) mass is 332 g/mol. The smallest absolute Gasteiger partial charge is 0.277 e. The highest BCUT2D eigenvalue weighted by atomic mass is 16.5. The topological polar surface area (TPSA) is 73.0 Å². The fourth-order valence-electron chi connectivity index (χ4n) is 2.70. The SMILES string of the molecule is Cn1cnc2ccc(NC(=O)c3cc(Cc4ccccc4)on3)cc21. The van der Waals surface area contributed by atoms with Gasteiger partial charge in [0.2, 0.25) is 0 Å². The van der Waals surface area contributed by atoms with Gasteiger partial charge >= 0.3 is 0 Å². The summed E-state index contributed by atoms with van der Waals surface area (Å²) >= 11 is 0. The van der Waals surface area contributed by atoms with Crippen molar-refractivity contribution in [1.82, 2.24) is 14.7 Å². The minimum Gasteiger partial charge on any atom is -0.360 e. The summed E-state index contributed by atoms with van der Waals surface area (Å²) in [6.45, 7) is 0. The molecule has 4 rings (SSSR count). The normalized spacial score (nSPS) is 10.9. The molecule has 6 heteroatoms. The summed E-state index contributed by atoms with van der Waals surface area (Å²) in [5.74, 6) is 0.350. The maximum absolute atomic E-state index is 12.4. The number of fused-ring (bicyclic) bond motifs is 1. The molecular weight excluding hydrogens is 316 g/mol. The Morgan fingerprint density at radius 2 is 2.00 bits per heavy atom. The summed E-state index contributed by atoms with van der Waals surface area (Å²) < 4.78 is 7.18. The van der Waals surface area contributed by atoms with E-state index in [1.807, 2.05) is 60.1 Å². The van der Waals surface area contributed by atoms with Crippen LogP contribution in [0.5, 0.6) is 0 Å². The van der Waals surface area contributed by atoms with Crippen molar-refractivity contribution < 1.29 is 9.32 Å². The Kier molecular flexibility index (Phi) is 3.78. The van der Waals surface area contributed by atoms with Crippen LogP contribution in [0.4, 0.5) is 5.69 Å². The summed E-state index contributed by atoms with van der Waals surface area (Å²) in [4.78, 5) is 16.6. The van der Waals surface area contributed by atoms with Gasteiger partial charge in [-0.15, -0.1) is 0 Å². The number of aryl methyl sites for hydroxylation is 1. The molecule has 0 bridgehead atoms. The van der Waals surface area contributed by atoms with E-state index in [0.29, 0.717) is 17.9 Å². The fourth-order valence-corrected chi connectivity index (χ4v) is 2.70. The zero-order valence-electron chi connectivity index (χ0n) is 13.6. The molecule has 6 nitrogen and oxygen atoms in total. The van der Waals surface area contributed by atoms with E-state index in [-0.39, 0.29) is 11.6 Å². The molecule has 1 amide bonds. The maximum atomic E-state index is 12.4. The number of nitrogens with zero attached hydrogens (tertiary/aromatic N) is 3. The van der Waals surface area contributed by atoms with Gasteiger partial charge in [-0.2, -0.15) is 0 Å². The molecule has 0 aliphatic carbocycles. The number of hydrogen-bond donors (Lipinski definition) is 1. The predicted octanol–water partition coefficient (Wildman–Crippen LogP) is 3.40. The van der Waals surface area contributed by atoms with Gasteiger partial charge in [0, 0.05) is 25.2 Å². The molecule has 2 aromatic heterocycles. The first-order chi connectivity index (χ1) is 12.2. The number of imidazole rings is 1. The van der Waals surface area contributed by atoms with Gasteiger partial charge in [0.05, 0.1) is 17.4 Å². The van der Waals surface area contributed by atoms with Gasteiger partial charge in [-0.05, 0) is 23.8 Å². The Morgan fingerprint density at radius 1 is 1.16 bits per heavy atom. The number of aromatic nitrogens is 3. The molecule has 0 aliphatic heterocycles. The van der Waals surface area contributed by atoms with Gasteiger partial charge in [-0.1, -0.05) is 35.5 Å². The maximum Gasteiger partial charge on any atom is 0.277 e. The second kappa shape index (κ2) is 6.24. The number of nitrogens with one attached hydrogen (secondary N) is 1. The number of hydrogen-bond acceptors (Lipinski definition) is 4. The van der Waals surface area contributed by atoms with Crippen LogP contribution in [0.1, 0.15) is 21.8 Å². The Hall–Kier alpha value is -3.41.